The third kappa shape index (κ3) is 5.84. The maximum atomic E-state index is 12.6. The Hall–Kier alpha value is -1.60. The number of nitrogens with one attached hydrogen (secondary N) is 1. The lowest BCUT2D eigenvalue weighted by Gasteiger charge is -2.20. The molecule has 0 fully saturated rings. The molecule has 0 aliphatic heterocycles. The standard InChI is InChI=1S/C16H26N2O4S/c1-4-7-12-17-16(19)13-18(5-2)23(20,21)15-10-8-14(9-11-15)22-6-3/h8-11H,4-7,12-13H2,1-3H3,(H,17,19). The SMILES string of the molecule is CCCCNC(=O)CN(CC)S(=O)(=O)c1ccc(OCC)cc1. The molecule has 1 N–H and O–H groups in total. The van der Waals surface area contributed by atoms with Crippen molar-refractivity contribution in [1.82, 2.24) is 9.62 Å². The third-order valence-corrected chi connectivity index (χ3v) is 5.23. The largest absolute Gasteiger partial charge is 0.494 e. The van der Waals surface area contributed by atoms with Crippen LogP contribution < -0.4 is 10.1 Å². The van der Waals surface area contributed by atoms with Crippen molar-refractivity contribution in [1.29, 1.82) is 0 Å². The van der Waals surface area contributed by atoms with E-state index in [4.69, 9.17) is 4.74 Å². The van der Waals surface area contributed by atoms with Crippen LogP contribution in [0.25, 0.3) is 0 Å². The Morgan fingerprint density at radius 1 is 1.17 bits per heavy atom. The van der Waals surface area contributed by atoms with Crippen molar-refractivity contribution in [3.05, 3.63) is 24.3 Å². The van der Waals surface area contributed by atoms with Gasteiger partial charge in [0, 0.05) is 13.1 Å². The van der Waals surface area contributed by atoms with E-state index in [0.717, 1.165) is 12.8 Å². The summed E-state index contributed by atoms with van der Waals surface area (Å²) in [5, 5.41) is 2.73. The van der Waals surface area contributed by atoms with E-state index >= 15 is 0 Å². The number of carbonyl (C=O) groups is 1. The lowest BCUT2D eigenvalue weighted by atomic mass is 10.3. The molecule has 0 unspecified atom stereocenters. The lowest BCUT2D eigenvalue weighted by molar-refractivity contribution is -0.121. The molecule has 23 heavy (non-hydrogen) atoms. The summed E-state index contributed by atoms with van der Waals surface area (Å²) in [6, 6.07) is 6.23. The third-order valence-electron chi connectivity index (χ3n) is 3.30. The smallest absolute Gasteiger partial charge is 0.243 e. The molecule has 6 nitrogen and oxygen atoms in total. The van der Waals surface area contributed by atoms with Gasteiger partial charge in [0.05, 0.1) is 18.0 Å². The number of amides is 1. The van der Waals surface area contributed by atoms with Crippen molar-refractivity contribution in [3.8, 4) is 5.75 Å². The molecule has 1 rings (SSSR count). The fraction of sp³-hybridized carbons (Fsp3) is 0.562. The average Bonchev–Trinajstić information content (AvgIpc) is 2.53. The lowest BCUT2D eigenvalue weighted by Crippen LogP contribution is -2.40. The first kappa shape index (κ1) is 19.4. The summed E-state index contributed by atoms with van der Waals surface area (Å²) in [6.07, 6.45) is 1.85. The van der Waals surface area contributed by atoms with Gasteiger partial charge in [0.1, 0.15) is 5.75 Å². The van der Waals surface area contributed by atoms with E-state index in [9.17, 15) is 13.2 Å². The van der Waals surface area contributed by atoms with Crippen molar-refractivity contribution < 1.29 is 17.9 Å². The van der Waals surface area contributed by atoms with Crippen LogP contribution in [0.5, 0.6) is 5.75 Å². The molecule has 1 amide bonds. The van der Waals surface area contributed by atoms with E-state index in [1.807, 2.05) is 13.8 Å². The van der Waals surface area contributed by atoms with E-state index in [1.54, 1.807) is 19.1 Å². The Morgan fingerprint density at radius 2 is 1.83 bits per heavy atom. The first-order valence-corrected chi connectivity index (χ1v) is 9.39. The van der Waals surface area contributed by atoms with Gasteiger partial charge in [0.25, 0.3) is 0 Å². The van der Waals surface area contributed by atoms with Crippen molar-refractivity contribution >= 4 is 15.9 Å². The molecular formula is C16H26N2O4S. The van der Waals surface area contributed by atoms with Crippen LogP contribution in [-0.4, -0.2) is 44.9 Å². The zero-order valence-electron chi connectivity index (χ0n) is 14.0. The van der Waals surface area contributed by atoms with Gasteiger partial charge in [-0.2, -0.15) is 4.31 Å². The number of sulfonamides is 1. The summed E-state index contributed by atoms with van der Waals surface area (Å²) in [6.45, 7) is 6.75. The zero-order chi connectivity index (χ0) is 17.3. The number of benzene rings is 1. The highest BCUT2D eigenvalue weighted by Gasteiger charge is 2.25. The number of hydrogen-bond acceptors (Lipinski definition) is 4. The van der Waals surface area contributed by atoms with Gasteiger partial charge in [0.2, 0.25) is 15.9 Å². The van der Waals surface area contributed by atoms with Gasteiger partial charge in [-0.1, -0.05) is 20.3 Å². The van der Waals surface area contributed by atoms with Crippen LogP contribution in [0, 0.1) is 0 Å². The number of nitrogens with zero attached hydrogens (tertiary/aromatic N) is 1. The predicted molar refractivity (Wildman–Crippen MR) is 90.0 cm³/mol. The molecule has 0 aliphatic carbocycles. The van der Waals surface area contributed by atoms with Crippen LogP contribution in [0.15, 0.2) is 29.2 Å². The van der Waals surface area contributed by atoms with Gasteiger partial charge in [-0.05, 0) is 37.6 Å². The van der Waals surface area contributed by atoms with Gasteiger partial charge >= 0.3 is 0 Å². The van der Waals surface area contributed by atoms with Gasteiger partial charge in [-0.15, -0.1) is 0 Å². The molecular weight excluding hydrogens is 316 g/mol. The molecule has 0 spiro atoms. The van der Waals surface area contributed by atoms with Crippen molar-refractivity contribution in [2.45, 2.75) is 38.5 Å². The maximum Gasteiger partial charge on any atom is 0.243 e. The topological polar surface area (TPSA) is 75.7 Å². The second-order valence-electron chi connectivity index (χ2n) is 5.04. The molecule has 130 valence electrons. The van der Waals surface area contributed by atoms with Crippen LogP contribution in [0.2, 0.25) is 0 Å². The Labute approximate surface area is 138 Å². The Bertz CT molecular complexity index is 585. The molecule has 0 aromatic heterocycles. The summed E-state index contributed by atoms with van der Waals surface area (Å²) in [4.78, 5) is 12.0. The second-order valence-corrected chi connectivity index (χ2v) is 6.98. The number of ether oxygens (including phenoxy) is 1. The van der Waals surface area contributed by atoms with Crippen LogP contribution in [-0.2, 0) is 14.8 Å². The molecule has 0 heterocycles. The normalized spacial score (nSPS) is 11.5. The Balaban J connectivity index is 2.79. The predicted octanol–water partition coefficient (Wildman–Crippen LogP) is 2.01. The van der Waals surface area contributed by atoms with E-state index < -0.39 is 10.0 Å². The summed E-state index contributed by atoms with van der Waals surface area (Å²) in [5.41, 5.74) is 0. The summed E-state index contributed by atoms with van der Waals surface area (Å²) in [5.74, 6) is 0.335. The summed E-state index contributed by atoms with van der Waals surface area (Å²) < 4.78 is 31.7. The minimum absolute atomic E-state index is 0.157. The van der Waals surface area contributed by atoms with Crippen molar-refractivity contribution in [2.75, 3.05) is 26.2 Å². The van der Waals surface area contributed by atoms with Crippen molar-refractivity contribution in [3.63, 3.8) is 0 Å². The molecule has 1 aromatic rings. The fourth-order valence-electron chi connectivity index (χ4n) is 2.01. The first-order valence-electron chi connectivity index (χ1n) is 7.95. The van der Waals surface area contributed by atoms with Crippen LogP contribution in [0.3, 0.4) is 0 Å². The fourth-order valence-corrected chi connectivity index (χ4v) is 3.42. The highest BCUT2D eigenvalue weighted by Crippen LogP contribution is 2.19. The van der Waals surface area contributed by atoms with Crippen LogP contribution >= 0.6 is 0 Å². The van der Waals surface area contributed by atoms with Gasteiger partial charge in [0.15, 0.2) is 0 Å². The average molecular weight is 342 g/mol. The molecule has 0 saturated carbocycles. The van der Waals surface area contributed by atoms with Crippen molar-refractivity contribution in [2.24, 2.45) is 0 Å². The minimum atomic E-state index is -3.69. The van der Waals surface area contributed by atoms with E-state index in [-0.39, 0.29) is 23.9 Å². The number of hydrogen-bond donors (Lipinski definition) is 1. The molecule has 0 bridgehead atoms. The monoisotopic (exact) mass is 342 g/mol. The summed E-state index contributed by atoms with van der Waals surface area (Å²) >= 11 is 0. The quantitative estimate of drug-likeness (QED) is 0.660. The summed E-state index contributed by atoms with van der Waals surface area (Å²) in [7, 11) is -3.69. The second kappa shape index (κ2) is 9.52. The Morgan fingerprint density at radius 3 is 2.35 bits per heavy atom. The van der Waals surface area contributed by atoms with Gasteiger partial charge in [-0.3, -0.25) is 4.79 Å². The van der Waals surface area contributed by atoms with E-state index in [2.05, 4.69) is 5.32 Å². The molecule has 0 radical (unpaired) electrons. The van der Waals surface area contributed by atoms with Gasteiger partial charge < -0.3 is 10.1 Å². The number of likely N-dealkylation sites (N-methyl/N-ethyl adjacent to an activating group) is 1. The maximum absolute atomic E-state index is 12.6. The molecule has 7 heteroatoms. The minimum Gasteiger partial charge on any atom is -0.494 e. The number of carbonyl (C=O) groups excluding carboxylic acids is 1. The van der Waals surface area contributed by atoms with Crippen LogP contribution in [0.4, 0.5) is 0 Å². The highest BCUT2D eigenvalue weighted by molar-refractivity contribution is 7.89. The zero-order valence-corrected chi connectivity index (χ0v) is 14.9. The molecule has 0 saturated heterocycles. The number of rotatable bonds is 10. The van der Waals surface area contributed by atoms with Crippen LogP contribution in [0.1, 0.15) is 33.6 Å². The molecule has 1 aromatic carbocycles. The first-order chi connectivity index (χ1) is 11.0. The van der Waals surface area contributed by atoms with E-state index in [0.29, 0.717) is 18.9 Å². The molecule has 0 aliphatic rings. The number of unbranched alkanes of at least 4 members (excludes halogenated alkanes) is 1. The Kier molecular flexibility index (Phi) is 8.05. The van der Waals surface area contributed by atoms with E-state index in [1.165, 1.54) is 16.4 Å². The van der Waals surface area contributed by atoms with Gasteiger partial charge in [-0.25, -0.2) is 8.42 Å². The molecule has 0 atom stereocenters. The highest BCUT2D eigenvalue weighted by atomic mass is 32.2.